The number of hydrogen-bond acceptors (Lipinski definition) is 6. The fraction of sp³-hybridized carbons (Fsp3) is 0.143. The zero-order valence-corrected chi connectivity index (χ0v) is 15.2. The first-order valence-corrected chi connectivity index (χ1v) is 8.77. The number of benzene rings is 2. The van der Waals surface area contributed by atoms with Crippen LogP contribution in [0.5, 0.6) is 5.75 Å². The Labute approximate surface area is 163 Å². The Bertz CT molecular complexity index is 1230. The normalized spacial score (nSPS) is 15.8. The van der Waals surface area contributed by atoms with Gasteiger partial charge < -0.3 is 19.6 Å². The highest BCUT2D eigenvalue weighted by molar-refractivity contribution is 5.94. The zero-order chi connectivity index (χ0) is 20.7. The molecular weight excluding hydrogens is 384 g/mol. The molecule has 0 radical (unpaired) electrons. The maximum absolute atomic E-state index is 14.0. The van der Waals surface area contributed by atoms with Crippen LogP contribution < -0.4 is 16.1 Å². The first kappa shape index (κ1) is 18.7. The van der Waals surface area contributed by atoms with Gasteiger partial charge in [0.2, 0.25) is 5.88 Å². The number of halogens is 2. The van der Waals surface area contributed by atoms with Crippen LogP contribution in [0.15, 0.2) is 63.1 Å². The van der Waals surface area contributed by atoms with E-state index in [9.17, 15) is 18.4 Å². The molecule has 2 aromatic carbocycles. The quantitative estimate of drug-likeness (QED) is 0.537. The highest BCUT2D eigenvalue weighted by atomic mass is 19.2. The van der Waals surface area contributed by atoms with Crippen LogP contribution in [-0.2, 0) is 9.53 Å². The lowest BCUT2D eigenvalue weighted by atomic mass is 9.83. The largest absolute Gasteiger partial charge is 0.462 e. The van der Waals surface area contributed by atoms with Crippen molar-refractivity contribution < 1.29 is 27.5 Å². The van der Waals surface area contributed by atoms with Gasteiger partial charge in [0, 0.05) is 0 Å². The molecular formula is C21H15F2NO5. The van der Waals surface area contributed by atoms with Crippen LogP contribution in [0.4, 0.5) is 8.78 Å². The molecule has 0 spiro atoms. The fourth-order valence-electron chi connectivity index (χ4n) is 3.40. The number of hydrogen-bond donors (Lipinski definition) is 1. The molecule has 6 nitrogen and oxygen atoms in total. The predicted molar refractivity (Wildman–Crippen MR) is 99.2 cm³/mol. The average molecular weight is 399 g/mol. The number of fused-ring (bicyclic) bond motifs is 3. The second-order valence-electron chi connectivity index (χ2n) is 6.34. The van der Waals surface area contributed by atoms with Crippen molar-refractivity contribution in [2.45, 2.75) is 12.8 Å². The Morgan fingerprint density at radius 2 is 1.93 bits per heavy atom. The average Bonchev–Trinajstić information content (AvgIpc) is 2.69. The standard InChI is InChI=1S/C21H15F2NO5/c1-2-27-20(25)17-15(10-7-8-12(22)13(23)9-10)16-18(29-19(17)24)11-5-3-4-6-14(11)28-21(16)26/h3-9,15H,2,24H2,1H3. The van der Waals surface area contributed by atoms with Gasteiger partial charge in [0.1, 0.15) is 11.2 Å². The molecule has 3 aromatic rings. The van der Waals surface area contributed by atoms with Crippen molar-refractivity contribution in [3.63, 3.8) is 0 Å². The Balaban J connectivity index is 2.05. The Hall–Kier alpha value is -3.68. The molecule has 148 valence electrons. The molecule has 1 aliphatic heterocycles. The van der Waals surface area contributed by atoms with Gasteiger partial charge in [-0.1, -0.05) is 18.2 Å². The Kier molecular flexibility index (Phi) is 4.54. The van der Waals surface area contributed by atoms with Crippen LogP contribution in [0, 0.1) is 11.6 Å². The van der Waals surface area contributed by atoms with Crippen LogP contribution in [0.1, 0.15) is 24.0 Å². The third kappa shape index (κ3) is 3.02. The summed E-state index contributed by atoms with van der Waals surface area (Å²) in [5.41, 5.74) is 5.38. The molecule has 0 amide bonds. The molecule has 1 unspecified atom stereocenters. The van der Waals surface area contributed by atoms with E-state index < -0.39 is 29.1 Å². The van der Waals surface area contributed by atoms with Crippen LogP contribution >= 0.6 is 0 Å². The molecule has 1 aliphatic rings. The van der Waals surface area contributed by atoms with Gasteiger partial charge >= 0.3 is 11.6 Å². The summed E-state index contributed by atoms with van der Waals surface area (Å²) in [7, 11) is 0. The molecule has 0 aliphatic carbocycles. The van der Waals surface area contributed by atoms with E-state index in [1.165, 1.54) is 6.07 Å². The third-order valence-electron chi connectivity index (χ3n) is 4.63. The molecule has 4 rings (SSSR count). The van der Waals surface area contributed by atoms with Crippen molar-refractivity contribution in [3.05, 3.63) is 87.1 Å². The summed E-state index contributed by atoms with van der Waals surface area (Å²) >= 11 is 0. The maximum atomic E-state index is 14.0. The van der Waals surface area contributed by atoms with Gasteiger partial charge in [0.25, 0.3) is 0 Å². The number of ether oxygens (including phenoxy) is 2. The molecule has 2 N–H and O–H groups in total. The topological polar surface area (TPSA) is 91.8 Å². The summed E-state index contributed by atoms with van der Waals surface area (Å²) in [5, 5.41) is 0.445. The molecule has 0 saturated carbocycles. The van der Waals surface area contributed by atoms with E-state index in [2.05, 4.69) is 0 Å². The van der Waals surface area contributed by atoms with Gasteiger partial charge in [-0.05, 0) is 36.8 Å². The lowest BCUT2D eigenvalue weighted by Gasteiger charge is -2.28. The minimum absolute atomic E-state index is 0.0410. The SMILES string of the molecule is CCOC(=O)C1=C(N)Oc2c(c(=O)oc3ccccc23)C1c1ccc(F)c(F)c1. The molecule has 1 aromatic heterocycles. The highest BCUT2D eigenvalue weighted by Gasteiger charge is 2.39. The van der Waals surface area contributed by atoms with Gasteiger partial charge in [-0.3, -0.25) is 0 Å². The first-order valence-electron chi connectivity index (χ1n) is 8.77. The maximum Gasteiger partial charge on any atom is 0.344 e. The van der Waals surface area contributed by atoms with Crippen molar-refractivity contribution in [1.82, 2.24) is 0 Å². The number of nitrogens with two attached hydrogens (primary N) is 1. The number of esters is 1. The van der Waals surface area contributed by atoms with Crippen LogP contribution in [0.2, 0.25) is 0 Å². The molecule has 0 fully saturated rings. The third-order valence-corrected chi connectivity index (χ3v) is 4.63. The summed E-state index contributed by atoms with van der Waals surface area (Å²) in [5.74, 6) is -4.39. The number of rotatable bonds is 3. The Morgan fingerprint density at radius 3 is 2.66 bits per heavy atom. The first-order chi connectivity index (χ1) is 13.9. The van der Waals surface area contributed by atoms with E-state index in [4.69, 9.17) is 19.6 Å². The fourth-order valence-corrected chi connectivity index (χ4v) is 3.40. The van der Waals surface area contributed by atoms with E-state index in [0.717, 1.165) is 12.1 Å². The van der Waals surface area contributed by atoms with E-state index in [1.54, 1.807) is 31.2 Å². The zero-order valence-electron chi connectivity index (χ0n) is 15.2. The van der Waals surface area contributed by atoms with E-state index >= 15 is 0 Å². The summed E-state index contributed by atoms with van der Waals surface area (Å²) in [6.07, 6.45) is 0. The number of carbonyl (C=O) groups excluding carboxylic acids is 1. The Morgan fingerprint density at radius 1 is 1.17 bits per heavy atom. The van der Waals surface area contributed by atoms with Gasteiger partial charge in [0.15, 0.2) is 17.4 Å². The van der Waals surface area contributed by atoms with Crippen LogP contribution in [-0.4, -0.2) is 12.6 Å². The predicted octanol–water partition coefficient (Wildman–Crippen LogP) is 3.33. The molecule has 0 saturated heterocycles. The van der Waals surface area contributed by atoms with E-state index in [-0.39, 0.29) is 40.5 Å². The van der Waals surface area contributed by atoms with E-state index in [1.807, 2.05) is 0 Å². The van der Waals surface area contributed by atoms with Gasteiger partial charge in [-0.2, -0.15) is 0 Å². The van der Waals surface area contributed by atoms with Crippen molar-refractivity contribution in [1.29, 1.82) is 0 Å². The van der Waals surface area contributed by atoms with Crippen LogP contribution in [0.25, 0.3) is 11.0 Å². The minimum Gasteiger partial charge on any atom is -0.462 e. The van der Waals surface area contributed by atoms with E-state index in [0.29, 0.717) is 5.39 Å². The van der Waals surface area contributed by atoms with Gasteiger partial charge in [-0.25, -0.2) is 18.4 Å². The number of para-hydroxylation sites is 1. The molecule has 29 heavy (non-hydrogen) atoms. The summed E-state index contributed by atoms with van der Waals surface area (Å²) in [6.45, 7) is 1.64. The van der Waals surface area contributed by atoms with Gasteiger partial charge in [0.05, 0.1) is 23.5 Å². The molecule has 0 bridgehead atoms. The molecule has 2 heterocycles. The smallest absolute Gasteiger partial charge is 0.344 e. The summed E-state index contributed by atoms with van der Waals surface area (Å²) in [4.78, 5) is 25.4. The van der Waals surface area contributed by atoms with Crippen LogP contribution in [0.3, 0.4) is 0 Å². The lowest BCUT2D eigenvalue weighted by Crippen LogP contribution is -2.31. The highest BCUT2D eigenvalue weighted by Crippen LogP contribution is 2.44. The monoisotopic (exact) mass is 399 g/mol. The summed E-state index contributed by atoms with van der Waals surface area (Å²) in [6, 6.07) is 9.68. The van der Waals surface area contributed by atoms with Crippen molar-refractivity contribution in [2.24, 2.45) is 5.73 Å². The molecule has 8 heteroatoms. The number of carbonyl (C=O) groups is 1. The lowest BCUT2D eigenvalue weighted by molar-refractivity contribution is -0.139. The second-order valence-corrected chi connectivity index (χ2v) is 6.34. The summed E-state index contributed by atoms with van der Waals surface area (Å²) < 4.78 is 43.5. The van der Waals surface area contributed by atoms with Gasteiger partial charge in [-0.15, -0.1) is 0 Å². The second kappa shape index (κ2) is 7.05. The minimum atomic E-state index is -1.16. The van der Waals surface area contributed by atoms with Crippen molar-refractivity contribution in [2.75, 3.05) is 6.61 Å². The van der Waals surface area contributed by atoms with Crippen molar-refractivity contribution >= 4 is 16.9 Å². The molecule has 1 atom stereocenters. The van der Waals surface area contributed by atoms with Crippen molar-refractivity contribution in [3.8, 4) is 5.75 Å².